The van der Waals surface area contributed by atoms with E-state index in [1.54, 1.807) is 0 Å². The average Bonchev–Trinajstić information content (AvgIpc) is 1.94. The van der Waals surface area contributed by atoms with E-state index >= 15 is 0 Å². The van der Waals surface area contributed by atoms with Crippen molar-refractivity contribution in [3.8, 4) is 11.5 Å². The molecule has 0 bridgehead atoms. The van der Waals surface area contributed by atoms with Crippen molar-refractivity contribution in [2.75, 3.05) is 0 Å². The summed E-state index contributed by atoms with van der Waals surface area (Å²) in [5.41, 5.74) is -0.301. The zero-order valence-electron chi connectivity index (χ0n) is 5.89. The number of benzene rings is 1. The number of phenolic OH excluding ortho intramolecular Hbond substituents is 1. The summed E-state index contributed by atoms with van der Waals surface area (Å²) in [6.45, 7) is 0. The largest absolute Gasteiger partial charge is 0.508 e. The molecule has 0 atom stereocenters. The molecule has 0 saturated heterocycles. The van der Waals surface area contributed by atoms with Crippen LogP contribution in [-0.2, 0) is 0 Å². The molecule has 0 spiro atoms. The maximum atomic E-state index is 10.3. The number of carboxylic acids is 1. The van der Waals surface area contributed by atoms with Crippen LogP contribution in [0.2, 0.25) is 0 Å². The Bertz CT molecular complexity index is 297. The molecule has 3 N–H and O–H groups in total. The Morgan fingerprint density at radius 1 is 1.25 bits per heavy atom. The van der Waals surface area contributed by atoms with Crippen LogP contribution in [0, 0.1) is 0 Å². The molecule has 1 aromatic rings. The van der Waals surface area contributed by atoms with Crippen molar-refractivity contribution in [2.45, 2.75) is 0 Å². The highest BCUT2D eigenvalue weighted by atomic mass is 35.5. The predicted octanol–water partition coefficient (Wildman–Crippen LogP) is 1.22. The summed E-state index contributed by atoms with van der Waals surface area (Å²) in [4.78, 5) is 10.3. The van der Waals surface area contributed by atoms with Crippen molar-refractivity contribution >= 4 is 18.4 Å². The third-order valence-electron chi connectivity index (χ3n) is 1.21. The fourth-order valence-corrected chi connectivity index (χ4v) is 0.695. The number of aromatic carboxylic acids is 1. The standard InChI is InChI=1S/C7H6O4.ClH/c8-4-1-2-6(9)5(3-4)7(10)11;/h1-3,8-9H,(H,10,11);1H. The van der Waals surface area contributed by atoms with Gasteiger partial charge in [0.1, 0.15) is 17.1 Å². The van der Waals surface area contributed by atoms with Gasteiger partial charge in [-0.05, 0) is 18.2 Å². The van der Waals surface area contributed by atoms with E-state index in [0.29, 0.717) is 0 Å². The first-order chi connectivity index (χ1) is 5.11. The molecule has 1 aromatic carbocycles. The molecule has 0 fully saturated rings. The summed E-state index contributed by atoms with van der Waals surface area (Å²) >= 11 is 0. The van der Waals surface area contributed by atoms with Crippen LogP contribution < -0.4 is 0 Å². The van der Waals surface area contributed by atoms with Crippen LogP contribution in [0.3, 0.4) is 0 Å². The van der Waals surface area contributed by atoms with Gasteiger partial charge in [-0.3, -0.25) is 0 Å². The highest BCUT2D eigenvalue weighted by Crippen LogP contribution is 2.21. The normalized spacial score (nSPS) is 8.67. The molecule has 0 aromatic heterocycles. The smallest absolute Gasteiger partial charge is 0.339 e. The summed E-state index contributed by atoms with van der Waals surface area (Å²) in [6, 6.07) is 3.32. The second-order valence-electron chi connectivity index (χ2n) is 2.01. The van der Waals surface area contributed by atoms with Gasteiger partial charge in [-0.1, -0.05) is 0 Å². The number of hydrogen-bond acceptors (Lipinski definition) is 3. The lowest BCUT2D eigenvalue weighted by atomic mass is 10.2. The van der Waals surface area contributed by atoms with Gasteiger partial charge in [0.25, 0.3) is 0 Å². The number of hydrogen-bond donors (Lipinski definition) is 3. The third kappa shape index (κ3) is 2.03. The van der Waals surface area contributed by atoms with Crippen molar-refractivity contribution in [2.24, 2.45) is 0 Å². The van der Waals surface area contributed by atoms with Gasteiger partial charge < -0.3 is 15.3 Å². The van der Waals surface area contributed by atoms with Crippen molar-refractivity contribution in [1.82, 2.24) is 0 Å². The van der Waals surface area contributed by atoms with Gasteiger partial charge >= 0.3 is 5.97 Å². The first kappa shape index (κ1) is 10.6. The second kappa shape index (κ2) is 3.82. The van der Waals surface area contributed by atoms with Gasteiger partial charge in [0.05, 0.1) is 0 Å². The maximum absolute atomic E-state index is 10.3. The van der Waals surface area contributed by atoms with Gasteiger partial charge in [-0.25, -0.2) is 4.79 Å². The topological polar surface area (TPSA) is 77.8 Å². The molecule has 0 saturated carbocycles. The number of aromatic hydroxyl groups is 2. The van der Waals surface area contributed by atoms with Crippen LogP contribution in [0.15, 0.2) is 18.2 Å². The van der Waals surface area contributed by atoms with E-state index in [0.717, 1.165) is 12.1 Å². The minimum atomic E-state index is -1.27. The van der Waals surface area contributed by atoms with Crippen LogP contribution in [0.1, 0.15) is 10.4 Å². The Hall–Kier alpha value is -1.42. The number of carboxylic acid groups (broad SMARTS) is 1. The maximum Gasteiger partial charge on any atom is 0.339 e. The molecule has 12 heavy (non-hydrogen) atoms. The summed E-state index contributed by atoms with van der Waals surface area (Å²) in [7, 11) is 0. The Morgan fingerprint density at radius 3 is 2.25 bits per heavy atom. The first-order valence-electron chi connectivity index (χ1n) is 2.86. The van der Waals surface area contributed by atoms with Crippen LogP contribution in [0.25, 0.3) is 0 Å². The molecule has 5 heteroatoms. The van der Waals surface area contributed by atoms with Gasteiger partial charge in [0.2, 0.25) is 0 Å². The predicted molar refractivity (Wildman–Crippen MR) is 44.0 cm³/mol. The molecule has 0 aliphatic rings. The van der Waals surface area contributed by atoms with Crippen LogP contribution in [0.4, 0.5) is 0 Å². The zero-order valence-corrected chi connectivity index (χ0v) is 6.71. The summed E-state index contributed by atoms with van der Waals surface area (Å²) in [6.07, 6.45) is 0. The fourth-order valence-electron chi connectivity index (χ4n) is 0.695. The summed E-state index contributed by atoms with van der Waals surface area (Å²) < 4.78 is 0. The lowest BCUT2D eigenvalue weighted by Crippen LogP contribution is -1.95. The monoisotopic (exact) mass is 190 g/mol. The summed E-state index contributed by atoms with van der Waals surface area (Å²) in [5.74, 6) is -1.80. The van der Waals surface area contributed by atoms with Gasteiger partial charge in [0, 0.05) is 0 Å². The average molecular weight is 191 g/mol. The van der Waals surface area contributed by atoms with Crippen molar-refractivity contribution in [3.05, 3.63) is 23.8 Å². The highest BCUT2D eigenvalue weighted by Gasteiger charge is 2.08. The van der Waals surface area contributed by atoms with Gasteiger partial charge in [-0.2, -0.15) is 0 Å². The number of phenols is 2. The number of carbonyl (C=O) groups is 1. The molecule has 0 aliphatic heterocycles. The second-order valence-corrected chi connectivity index (χ2v) is 2.01. The molecular weight excluding hydrogens is 184 g/mol. The molecule has 0 heterocycles. The Kier molecular flexibility index (Phi) is 3.37. The molecule has 0 amide bonds. The van der Waals surface area contributed by atoms with Crippen LogP contribution >= 0.6 is 12.4 Å². The van der Waals surface area contributed by atoms with Gasteiger partial charge in [0.15, 0.2) is 0 Å². The van der Waals surface area contributed by atoms with E-state index in [9.17, 15) is 4.79 Å². The van der Waals surface area contributed by atoms with E-state index in [1.807, 2.05) is 0 Å². The SMILES string of the molecule is Cl.O=C(O)c1cc(O)ccc1O. The van der Waals surface area contributed by atoms with E-state index in [4.69, 9.17) is 15.3 Å². The number of rotatable bonds is 1. The van der Waals surface area contributed by atoms with Crippen LogP contribution in [-0.4, -0.2) is 21.3 Å². The Balaban J connectivity index is 0.00000121. The fraction of sp³-hybridized carbons (Fsp3) is 0. The van der Waals surface area contributed by atoms with Crippen molar-refractivity contribution < 1.29 is 20.1 Å². The quantitative estimate of drug-likeness (QED) is 0.582. The van der Waals surface area contributed by atoms with E-state index < -0.39 is 5.97 Å². The molecule has 0 radical (unpaired) electrons. The lowest BCUT2D eigenvalue weighted by molar-refractivity contribution is 0.0693. The lowest BCUT2D eigenvalue weighted by Gasteiger charge is -1.98. The van der Waals surface area contributed by atoms with Crippen molar-refractivity contribution in [3.63, 3.8) is 0 Å². The molecule has 0 aliphatic carbocycles. The molecule has 4 nitrogen and oxygen atoms in total. The number of halogens is 1. The molecule has 0 unspecified atom stereocenters. The Morgan fingerprint density at radius 2 is 1.83 bits per heavy atom. The van der Waals surface area contributed by atoms with E-state index in [1.165, 1.54) is 6.07 Å². The zero-order chi connectivity index (χ0) is 8.43. The molecular formula is C7H7ClO4. The highest BCUT2D eigenvalue weighted by molar-refractivity contribution is 5.91. The van der Waals surface area contributed by atoms with E-state index in [-0.39, 0.29) is 29.5 Å². The first-order valence-corrected chi connectivity index (χ1v) is 2.86. The van der Waals surface area contributed by atoms with Crippen LogP contribution in [0.5, 0.6) is 11.5 Å². The van der Waals surface area contributed by atoms with Crippen molar-refractivity contribution in [1.29, 1.82) is 0 Å². The molecule has 1 rings (SSSR count). The summed E-state index contributed by atoms with van der Waals surface area (Å²) in [5, 5.41) is 26.1. The van der Waals surface area contributed by atoms with Gasteiger partial charge in [-0.15, -0.1) is 12.4 Å². The molecule has 66 valence electrons. The third-order valence-corrected chi connectivity index (χ3v) is 1.21. The van der Waals surface area contributed by atoms with E-state index in [2.05, 4.69) is 0 Å². The minimum Gasteiger partial charge on any atom is -0.508 e. The Labute approximate surface area is 74.5 Å². The minimum absolute atomic E-state index is 0.